The monoisotopic (exact) mass is 225 g/mol. The van der Waals surface area contributed by atoms with Crippen molar-refractivity contribution in [2.24, 2.45) is 5.41 Å². The summed E-state index contributed by atoms with van der Waals surface area (Å²) in [5.74, 6) is -0.0727. The fraction of sp³-hybridized carbons (Fsp3) is 0.818. The molecule has 1 aliphatic heterocycles. The van der Waals surface area contributed by atoms with Gasteiger partial charge in [0.05, 0.1) is 0 Å². The van der Waals surface area contributed by atoms with Crippen molar-refractivity contribution >= 4 is 11.9 Å². The van der Waals surface area contributed by atoms with E-state index in [1.54, 1.807) is 0 Å². The van der Waals surface area contributed by atoms with Crippen molar-refractivity contribution < 1.29 is 9.59 Å². The Morgan fingerprint density at radius 2 is 2.12 bits per heavy atom. The zero-order chi connectivity index (χ0) is 11.8. The van der Waals surface area contributed by atoms with E-state index in [9.17, 15) is 9.59 Å². The Bertz CT molecular complexity index is 314. The molecule has 1 unspecified atom stereocenters. The largest absolute Gasteiger partial charge is 0.354 e. The van der Waals surface area contributed by atoms with Crippen LogP contribution in [0.25, 0.3) is 0 Å². The molecule has 0 bridgehead atoms. The van der Waals surface area contributed by atoms with Crippen LogP contribution in [0.1, 0.15) is 33.1 Å². The van der Waals surface area contributed by atoms with Gasteiger partial charge in [0, 0.05) is 12.6 Å². The van der Waals surface area contributed by atoms with Gasteiger partial charge in [-0.2, -0.15) is 0 Å². The van der Waals surface area contributed by atoms with Gasteiger partial charge < -0.3 is 16.0 Å². The lowest BCUT2D eigenvalue weighted by molar-refractivity contribution is -0.124. The number of hydrogen-bond acceptors (Lipinski definition) is 2. The van der Waals surface area contributed by atoms with Gasteiger partial charge >= 0.3 is 6.03 Å². The van der Waals surface area contributed by atoms with Gasteiger partial charge in [0.2, 0.25) is 5.91 Å². The molecule has 1 heterocycles. The van der Waals surface area contributed by atoms with Crippen molar-refractivity contribution in [3.05, 3.63) is 0 Å². The summed E-state index contributed by atoms with van der Waals surface area (Å²) < 4.78 is 0. The van der Waals surface area contributed by atoms with Gasteiger partial charge in [-0.25, -0.2) is 4.79 Å². The fourth-order valence-electron chi connectivity index (χ4n) is 1.98. The number of hydrogen-bond donors (Lipinski definition) is 3. The minimum absolute atomic E-state index is 0.0727. The van der Waals surface area contributed by atoms with Crippen LogP contribution in [0.15, 0.2) is 0 Å². The van der Waals surface area contributed by atoms with E-state index >= 15 is 0 Å². The SMILES string of the molecule is CC1(C)CC1NC(=O)N[C@H]1CCCNC1=O. The number of nitrogens with one attached hydrogen (secondary N) is 3. The summed E-state index contributed by atoms with van der Waals surface area (Å²) in [4.78, 5) is 23.0. The smallest absolute Gasteiger partial charge is 0.315 e. The second-order valence-electron chi connectivity index (χ2n) is 5.35. The van der Waals surface area contributed by atoms with E-state index in [4.69, 9.17) is 0 Å². The molecule has 2 fully saturated rings. The molecule has 2 aliphatic rings. The minimum atomic E-state index is -0.365. The van der Waals surface area contributed by atoms with Crippen molar-refractivity contribution in [1.82, 2.24) is 16.0 Å². The standard InChI is InChI=1S/C11H19N3O2/c1-11(2)6-8(11)14-10(16)13-7-4-3-5-12-9(7)15/h7-8H,3-6H2,1-2H3,(H,12,15)(H2,13,14,16)/t7-,8?/m0/s1. The molecule has 90 valence electrons. The van der Waals surface area contributed by atoms with Crippen LogP contribution in [0.5, 0.6) is 0 Å². The summed E-state index contributed by atoms with van der Waals surface area (Å²) >= 11 is 0. The molecule has 1 aliphatic carbocycles. The van der Waals surface area contributed by atoms with Crippen molar-refractivity contribution in [3.63, 3.8) is 0 Å². The zero-order valence-corrected chi connectivity index (χ0v) is 9.80. The lowest BCUT2D eigenvalue weighted by atomic mass is 10.1. The van der Waals surface area contributed by atoms with Gasteiger partial charge in [0.1, 0.15) is 6.04 Å². The molecular weight excluding hydrogens is 206 g/mol. The van der Waals surface area contributed by atoms with Crippen LogP contribution < -0.4 is 16.0 Å². The Kier molecular flexibility index (Phi) is 2.78. The van der Waals surface area contributed by atoms with E-state index in [0.717, 1.165) is 19.3 Å². The average Bonchev–Trinajstić information content (AvgIpc) is 2.77. The van der Waals surface area contributed by atoms with Gasteiger partial charge in [-0.3, -0.25) is 4.79 Å². The third kappa shape index (κ3) is 2.46. The summed E-state index contributed by atoms with van der Waals surface area (Å²) in [5.41, 5.74) is 0.214. The van der Waals surface area contributed by atoms with E-state index in [0.29, 0.717) is 6.54 Å². The number of carbonyl (C=O) groups is 2. The maximum atomic E-state index is 11.6. The molecule has 2 atom stereocenters. The second kappa shape index (κ2) is 3.96. The van der Waals surface area contributed by atoms with E-state index in [1.807, 2.05) is 0 Å². The molecule has 0 radical (unpaired) electrons. The van der Waals surface area contributed by atoms with E-state index in [-0.39, 0.29) is 29.4 Å². The highest BCUT2D eigenvalue weighted by molar-refractivity contribution is 5.87. The number of amides is 3. The highest BCUT2D eigenvalue weighted by Gasteiger charge is 2.46. The molecule has 0 spiro atoms. The Morgan fingerprint density at radius 1 is 1.44 bits per heavy atom. The molecule has 0 aromatic rings. The summed E-state index contributed by atoms with van der Waals surface area (Å²) in [6.07, 6.45) is 2.66. The molecule has 0 aromatic carbocycles. The van der Waals surface area contributed by atoms with Crippen LogP contribution in [-0.2, 0) is 4.79 Å². The first-order chi connectivity index (χ1) is 7.49. The van der Waals surface area contributed by atoms with E-state index < -0.39 is 0 Å². The van der Waals surface area contributed by atoms with E-state index in [2.05, 4.69) is 29.8 Å². The molecule has 5 nitrogen and oxygen atoms in total. The highest BCUT2D eigenvalue weighted by atomic mass is 16.2. The summed E-state index contributed by atoms with van der Waals surface area (Å²) in [6, 6.07) is -0.340. The van der Waals surface area contributed by atoms with Crippen LogP contribution in [-0.4, -0.2) is 30.6 Å². The molecule has 3 amide bonds. The Hall–Kier alpha value is -1.26. The Morgan fingerprint density at radius 3 is 2.69 bits per heavy atom. The highest BCUT2D eigenvalue weighted by Crippen LogP contribution is 2.44. The third-order valence-electron chi connectivity index (χ3n) is 3.41. The van der Waals surface area contributed by atoms with Crippen LogP contribution in [0.3, 0.4) is 0 Å². The molecule has 1 saturated heterocycles. The van der Waals surface area contributed by atoms with Crippen LogP contribution in [0.4, 0.5) is 4.79 Å². The number of rotatable bonds is 2. The van der Waals surface area contributed by atoms with Crippen LogP contribution >= 0.6 is 0 Å². The normalized spacial score (nSPS) is 31.5. The molecule has 0 aromatic heterocycles. The van der Waals surface area contributed by atoms with Crippen molar-refractivity contribution in [2.45, 2.75) is 45.2 Å². The van der Waals surface area contributed by atoms with Gasteiger partial charge in [-0.05, 0) is 24.7 Å². The molecule has 3 N–H and O–H groups in total. The topological polar surface area (TPSA) is 70.2 Å². The maximum absolute atomic E-state index is 11.6. The van der Waals surface area contributed by atoms with Crippen molar-refractivity contribution in [1.29, 1.82) is 0 Å². The number of urea groups is 1. The molecule has 16 heavy (non-hydrogen) atoms. The summed E-state index contributed by atoms with van der Waals surface area (Å²) in [6.45, 7) is 4.95. The quantitative estimate of drug-likeness (QED) is 0.635. The summed E-state index contributed by atoms with van der Waals surface area (Å²) in [5, 5.41) is 8.34. The first-order valence-electron chi connectivity index (χ1n) is 5.84. The molecule has 2 rings (SSSR count). The lowest BCUT2D eigenvalue weighted by Crippen LogP contribution is -2.53. The lowest BCUT2D eigenvalue weighted by Gasteiger charge is -2.23. The van der Waals surface area contributed by atoms with Crippen LogP contribution in [0.2, 0.25) is 0 Å². The van der Waals surface area contributed by atoms with Gasteiger partial charge in [0.15, 0.2) is 0 Å². The molecule has 1 saturated carbocycles. The molecular formula is C11H19N3O2. The first kappa shape index (κ1) is 11.2. The second-order valence-corrected chi connectivity index (χ2v) is 5.35. The predicted octanol–water partition coefficient (Wildman–Crippen LogP) is 0.363. The van der Waals surface area contributed by atoms with Crippen LogP contribution in [0, 0.1) is 5.41 Å². The zero-order valence-electron chi connectivity index (χ0n) is 9.80. The predicted molar refractivity (Wildman–Crippen MR) is 59.9 cm³/mol. The Balaban J connectivity index is 1.76. The number of piperidine rings is 1. The Labute approximate surface area is 95.3 Å². The van der Waals surface area contributed by atoms with Gasteiger partial charge in [-0.1, -0.05) is 13.8 Å². The van der Waals surface area contributed by atoms with Gasteiger partial charge in [0.25, 0.3) is 0 Å². The third-order valence-corrected chi connectivity index (χ3v) is 3.41. The van der Waals surface area contributed by atoms with Gasteiger partial charge in [-0.15, -0.1) is 0 Å². The maximum Gasteiger partial charge on any atom is 0.315 e. The minimum Gasteiger partial charge on any atom is -0.354 e. The van der Waals surface area contributed by atoms with E-state index in [1.165, 1.54) is 0 Å². The fourth-order valence-corrected chi connectivity index (χ4v) is 1.98. The number of carbonyl (C=O) groups excluding carboxylic acids is 2. The van der Waals surface area contributed by atoms with Crippen molar-refractivity contribution in [2.75, 3.05) is 6.54 Å². The summed E-state index contributed by atoms with van der Waals surface area (Å²) in [7, 11) is 0. The molecule has 5 heteroatoms. The first-order valence-corrected chi connectivity index (χ1v) is 5.84. The van der Waals surface area contributed by atoms with Crippen molar-refractivity contribution in [3.8, 4) is 0 Å². The average molecular weight is 225 g/mol.